The minimum Gasteiger partial charge on any atom is -0.392 e. The van der Waals surface area contributed by atoms with E-state index in [-0.39, 0.29) is 16.9 Å². The molecule has 3 heteroatoms. The van der Waals surface area contributed by atoms with Gasteiger partial charge in [0.05, 0.1) is 24.9 Å². The number of ether oxygens (including phenoxy) is 1. The molecule has 1 saturated heterocycles. The number of hydrogen-bond acceptors (Lipinski definition) is 3. The van der Waals surface area contributed by atoms with Gasteiger partial charge in [0, 0.05) is 10.8 Å². The summed E-state index contributed by atoms with van der Waals surface area (Å²) >= 11 is 0. The molecule has 6 rings (SSSR count). The Morgan fingerprint density at radius 1 is 1.12 bits per heavy atom. The summed E-state index contributed by atoms with van der Waals surface area (Å²) in [6.45, 7) is 9.66. The molecule has 6 aliphatic rings. The van der Waals surface area contributed by atoms with E-state index in [0.717, 1.165) is 37.9 Å². The van der Waals surface area contributed by atoms with E-state index in [1.54, 1.807) is 0 Å². The van der Waals surface area contributed by atoms with Gasteiger partial charge in [-0.3, -0.25) is 0 Å². The maximum absolute atomic E-state index is 11.3. The highest BCUT2D eigenvalue weighted by Crippen LogP contribution is 2.72. The Morgan fingerprint density at radius 2 is 1.92 bits per heavy atom. The maximum Gasteiger partial charge on any atom is 0.0834 e. The average Bonchev–Trinajstić information content (AvgIpc) is 2.57. The molecule has 0 amide bonds. The molecule has 5 saturated carbocycles. The van der Waals surface area contributed by atoms with Crippen molar-refractivity contribution in [2.75, 3.05) is 6.61 Å². The van der Waals surface area contributed by atoms with Crippen LogP contribution in [0.3, 0.4) is 0 Å². The Morgan fingerprint density at radius 3 is 2.71 bits per heavy atom. The zero-order valence-corrected chi connectivity index (χ0v) is 15.1. The number of aliphatic hydroxyl groups excluding tert-OH is 2. The molecular formula is C21H32O3. The van der Waals surface area contributed by atoms with Gasteiger partial charge in [-0.1, -0.05) is 13.5 Å². The van der Waals surface area contributed by atoms with E-state index in [9.17, 15) is 10.2 Å². The minimum atomic E-state index is -0.516. The lowest BCUT2D eigenvalue weighted by Crippen LogP contribution is -2.72. The third-order valence-electron chi connectivity index (χ3n) is 9.35. The van der Waals surface area contributed by atoms with Gasteiger partial charge >= 0.3 is 0 Å². The Balaban J connectivity index is 1.63. The summed E-state index contributed by atoms with van der Waals surface area (Å²) in [6, 6.07) is 0. The smallest absolute Gasteiger partial charge is 0.0834 e. The number of hydrogen-bond donors (Lipinski definition) is 2. The molecule has 0 radical (unpaired) electrons. The quantitative estimate of drug-likeness (QED) is 0.670. The van der Waals surface area contributed by atoms with Crippen molar-refractivity contribution < 1.29 is 14.9 Å². The fourth-order valence-corrected chi connectivity index (χ4v) is 8.21. The van der Waals surface area contributed by atoms with Crippen LogP contribution in [0.15, 0.2) is 12.2 Å². The highest BCUT2D eigenvalue weighted by atomic mass is 16.5. The van der Waals surface area contributed by atoms with Gasteiger partial charge in [0.1, 0.15) is 0 Å². The second kappa shape index (κ2) is 4.86. The van der Waals surface area contributed by atoms with Gasteiger partial charge in [-0.05, 0) is 80.6 Å². The van der Waals surface area contributed by atoms with Crippen LogP contribution in [-0.4, -0.2) is 35.1 Å². The molecule has 10 atom stereocenters. The van der Waals surface area contributed by atoms with Gasteiger partial charge < -0.3 is 14.9 Å². The van der Waals surface area contributed by atoms with Gasteiger partial charge in [-0.2, -0.15) is 0 Å². The second-order valence-corrected chi connectivity index (χ2v) is 9.81. The van der Waals surface area contributed by atoms with Crippen molar-refractivity contribution in [3.63, 3.8) is 0 Å². The molecular weight excluding hydrogens is 300 g/mol. The van der Waals surface area contributed by atoms with Crippen LogP contribution >= 0.6 is 0 Å². The van der Waals surface area contributed by atoms with Crippen molar-refractivity contribution in [1.82, 2.24) is 0 Å². The minimum absolute atomic E-state index is 0.184. The summed E-state index contributed by atoms with van der Waals surface area (Å²) in [7, 11) is 0. The molecule has 0 aromatic heterocycles. The fraction of sp³-hybridized carbons (Fsp3) is 0.905. The lowest BCUT2D eigenvalue weighted by Gasteiger charge is -2.72. The first kappa shape index (κ1) is 15.8. The predicted octanol–water partition coefficient (Wildman–Crippen LogP) is 3.15. The van der Waals surface area contributed by atoms with Gasteiger partial charge in [0.15, 0.2) is 0 Å². The topological polar surface area (TPSA) is 49.7 Å². The zero-order valence-electron chi connectivity index (χ0n) is 15.1. The van der Waals surface area contributed by atoms with E-state index < -0.39 is 6.10 Å². The van der Waals surface area contributed by atoms with Crippen LogP contribution in [-0.2, 0) is 4.74 Å². The Hall–Kier alpha value is -0.380. The summed E-state index contributed by atoms with van der Waals surface area (Å²) in [6.07, 6.45) is 5.93. The molecule has 24 heavy (non-hydrogen) atoms. The standard InChI is InChI=1S/C21H32O3/c1-11-4-6-20-10-24-13(3)18(11)15(20)9-17(22)21-7-5-14(8-16(20)21)12(2)19(21)23/h11,13-19,22-23H,2,4-10H2,1,3H3/t11?,13-,14-,15?,16?,17+,18-,19-,20-,21?/m0/s1. The Labute approximate surface area is 145 Å². The first-order valence-corrected chi connectivity index (χ1v) is 10.1. The highest BCUT2D eigenvalue weighted by molar-refractivity contribution is 5.29. The fourth-order valence-electron chi connectivity index (χ4n) is 8.21. The molecule has 1 spiro atoms. The number of rotatable bonds is 0. The molecule has 134 valence electrons. The van der Waals surface area contributed by atoms with Crippen LogP contribution < -0.4 is 0 Å². The third-order valence-corrected chi connectivity index (χ3v) is 9.35. The normalized spacial score (nSPS) is 62.1. The molecule has 2 N–H and O–H groups in total. The maximum atomic E-state index is 11.3. The molecule has 1 aliphatic heterocycles. The lowest BCUT2D eigenvalue weighted by molar-refractivity contribution is -0.294. The zero-order chi connectivity index (χ0) is 16.9. The monoisotopic (exact) mass is 332 g/mol. The van der Waals surface area contributed by atoms with Crippen molar-refractivity contribution in [3.8, 4) is 0 Å². The first-order chi connectivity index (χ1) is 11.4. The Kier molecular flexibility index (Phi) is 3.21. The lowest BCUT2D eigenvalue weighted by atomic mass is 9.35. The van der Waals surface area contributed by atoms with Crippen molar-refractivity contribution in [2.24, 2.45) is 40.4 Å². The second-order valence-electron chi connectivity index (χ2n) is 9.81. The van der Waals surface area contributed by atoms with E-state index in [4.69, 9.17) is 4.74 Å². The van der Waals surface area contributed by atoms with E-state index in [2.05, 4.69) is 20.4 Å². The van der Waals surface area contributed by atoms with Crippen molar-refractivity contribution in [2.45, 2.75) is 70.7 Å². The van der Waals surface area contributed by atoms with Crippen molar-refractivity contribution >= 4 is 0 Å². The number of aliphatic hydroxyl groups is 2. The molecule has 3 nitrogen and oxygen atoms in total. The average molecular weight is 332 g/mol. The summed E-state index contributed by atoms with van der Waals surface area (Å²) in [5.74, 6) is 2.67. The largest absolute Gasteiger partial charge is 0.392 e. The summed E-state index contributed by atoms with van der Waals surface area (Å²) in [5.41, 5.74) is 0.831. The van der Waals surface area contributed by atoms with Crippen LogP contribution in [0.2, 0.25) is 0 Å². The molecule has 0 aromatic carbocycles. The molecule has 1 heterocycles. The highest BCUT2D eigenvalue weighted by Gasteiger charge is 2.71. The van der Waals surface area contributed by atoms with Gasteiger partial charge in [-0.25, -0.2) is 0 Å². The summed E-state index contributed by atoms with van der Waals surface area (Å²) < 4.78 is 6.34. The molecule has 4 bridgehead atoms. The van der Waals surface area contributed by atoms with E-state index >= 15 is 0 Å². The molecule has 5 aliphatic carbocycles. The van der Waals surface area contributed by atoms with Crippen molar-refractivity contribution in [3.05, 3.63) is 12.2 Å². The Bertz CT molecular complexity index is 557. The predicted molar refractivity (Wildman–Crippen MR) is 92.3 cm³/mol. The van der Waals surface area contributed by atoms with Crippen LogP contribution in [0, 0.1) is 40.4 Å². The van der Waals surface area contributed by atoms with Crippen LogP contribution in [0.1, 0.15) is 52.4 Å². The van der Waals surface area contributed by atoms with Crippen LogP contribution in [0.5, 0.6) is 0 Å². The third kappa shape index (κ3) is 1.61. The summed E-state index contributed by atoms with van der Waals surface area (Å²) in [4.78, 5) is 0. The van der Waals surface area contributed by atoms with Crippen LogP contribution in [0.25, 0.3) is 0 Å². The van der Waals surface area contributed by atoms with Gasteiger partial charge in [0.25, 0.3) is 0 Å². The number of fused-ring (bicyclic) bond motifs is 2. The van der Waals surface area contributed by atoms with Crippen molar-refractivity contribution in [1.29, 1.82) is 0 Å². The van der Waals surface area contributed by atoms with Crippen LogP contribution in [0.4, 0.5) is 0 Å². The van der Waals surface area contributed by atoms with Gasteiger partial charge in [-0.15, -0.1) is 0 Å². The van der Waals surface area contributed by atoms with E-state index in [1.807, 2.05) is 0 Å². The summed E-state index contributed by atoms with van der Waals surface area (Å²) in [5, 5.41) is 22.4. The molecule has 4 unspecified atom stereocenters. The molecule has 0 aromatic rings. The van der Waals surface area contributed by atoms with E-state index in [1.165, 1.54) is 12.8 Å². The van der Waals surface area contributed by atoms with Gasteiger partial charge in [0.2, 0.25) is 0 Å². The van der Waals surface area contributed by atoms with E-state index in [0.29, 0.717) is 35.7 Å². The molecule has 6 fully saturated rings. The first-order valence-electron chi connectivity index (χ1n) is 10.1. The SMILES string of the molecule is C=C1[C@H]2CCC3(C(C2)[C@]24CCC(C)[C@H](C2C[C@H]3O)[C@H](C)OC4)[C@H]1O.